The van der Waals surface area contributed by atoms with E-state index in [1.165, 1.54) is 9.96 Å². The molecular weight excluding hydrogens is 427 g/mol. The summed E-state index contributed by atoms with van der Waals surface area (Å²) in [7, 11) is 0. The van der Waals surface area contributed by atoms with E-state index in [1.54, 1.807) is 0 Å². The number of rotatable bonds is 5. The van der Waals surface area contributed by atoms with Crippen molar-refractivity contribution < 1.29 is 17.7 Å². The Balaban J connectivity index is 1.54. The summed E-state index contributed by atoms with van der Waals surface area (Å²) < 4.78 is 45.6. The minimum atomic E-state index is -4.53. The van der Waals surface area contributed by atoms with Gasteiger partial charge in [-0.3, -0.25) is 4.40 Å². The lowest BCUT2D eigenvalue weighted by atomic mass is 10.1. The summed E-state index contributed by atoms with van der Waals surface area (Å²) in [6.07, 6.45) is -2.68. The Morgan fingerprint density at radius 2 is 1.93 bits per heavy atom. The normalized spacial score (nSPS) is 12.0. The van der Waals surface area contributed by atoms with Gasteiger partial charge < -0.3 is 4.52 Å². The van der Waals surface area contributed by atoms with Crippen LogP contribution < -0.4 is 0 Å². The molecule has 4 rings (SSSR count). The Kier molecular flexibility index (Phi) is 5.22. The van der Waals surface area contributed by atoms with Gasteiger partial charge in [-0.05, 0) is 18.1 Å². The number of pyridine rings is 1. The second kappa shape index (κ2) is 7.68. The van der Waals surface area contributed by atoms with Crippen molar-refractivity contribution in [3.8, 4) is 11.4 Å². The van der Waals surface area contributed by atoms with Crippen LogP contribution >= 0.6 is 23.4 Å². The van der Waals surface area contributed by atoms with Crippen molar-refractivity contribution in [3.05, 3.63) is 58.6 Å². The van der Waals surface area contributed by atoms with E-state index in [1.807, 2.05) is 24.3 Å². The number of thioether (sulfide) groups is 1. The van der Waals surface area contributed by atoms with Crippen LogP contribution in [0, 0.1) is 0 Å². The first-order valence-corrected chi connectivity index (χ1v) is 9.87. The predicted molar refractivity (Wildman–Crippen MR) is 102 cm³/mol. The highest BCUT2D eigenvalue weighted by atomic mass is 35.5. The van der Waals surface area contributed by atoms with E-state index in [0.29, 0.717) is 11.7 Å². The molecule has 0 bridgehead atoms. The van der Waals surface area contributed by atoms with Gasteiger partial charge >= 0.3 is 6.18 Å². The van der Waals surface area contributed by atoms with Crippen LogP contribution in [-0.2, 0) is 18.3 Å². The molecule has 29 heavy (non-hydrogen) atoms. The van der Waals surface area contributed by atoms with E-state index in [2.05, 4.69) is 27.3 Å². The van der Waals surface area contributed by atoms with Crippen molar-refractivity contribution in [1.82, 2.24) is 24.7 Å². The third-order valence-electron chi connectivity index (χ3n) is 4.17. The summed E-state index contributed by atoms with van der Waals surface area (Å²) in [6, 6.07) is 8.63. The summed E-state index contributed by atoms with van der Waals surface area (Å²) >= 11 is 7.04. The van der Waals surface area contributed by atoms with Gasteiger partial charge in [0.15, 0.2) is 10.8 Å². The lowest BCUT2D eigenvalue weighted by Crippen LogP contribution is -2.07. The second-order valence-electron chi connectivity index (χ2n) is 6.10. The van der Waals surface area contributed by atoms with Crippen LogP contribution in [0.4, 0.5) is 13.2 Å². The molecule has 3 aromatic heterocycles. The molecule has 0 amide bonds. The van der Waals surface area contributed by atoms with Crippen molar-refractivity contribution in [1.29, 1.82) is 0 Å². The summed E-state index contributed by atoms with van der Waals surface area (Å²) in [5, 5.41) is 11.8. The fourth-order valence-electron chi connectivity index (χ4n) is 2.63. The third kappa shape index (κ3) is 4.08. The fourth-order valence-corrected chi connectivity index (χ4v) is 3.63. The minimum Gasteiger partial charge on any atom is -0.338 e. The van der Waals surface area contributed by atoms with Gasteiger partial charge in [0, 0.05) is 11.8 Å². The minimum absolute atomic E-state index is 0.130. The molecule has 150 valence electrons. The SMILES string of the molecule is CCc1ccc(-c2noc(CSc3nnc4c(Cl)cc(C(F)(F)F)cn34)n2)cc1. The first-order valence-electron chi connectivity index (χ1n) is 8.51. The highest BCUT2D eigenvalue weighted by Gasteiger charge is 2.32. The van der Waals surface area contributed by atoms with E-state index < -0.39 is 11.7 Å². The topological polar surface area (TPSA) is 69.1 Å². The van der Waals surface area contributed by atoms with E-state index in [4.69, 9.17) is 16.1 Å². The van der Waals surface area contributed by atoms with Gasteiger partial charge in [-0.15, -0.1) is 10.2 Å². The van der Waals surface area contributed by atoms with Gasteiger partial charge in [-0.25, -0.2) is 0 Å². The quantitative estimate of drug-likeness (QED) is 0.393. The number of benzene rings is 1. The molecule has 0 N–H and O–H groups in total. The van der Waals surface area contributed by atoms with Crippen molar-refractivity contribution in [2.45, 2.75) is 30.4 Å². The molecule has 0 fully saturated rings. The lowest BCUT2D eigenvalue weighted by molar-refractivity contribution is -0.137. The number of aromatic nitrogens is 5. The molecule has 0 aliphatic rings. The average molecular weight is 440 g/mol. The highest BCUT2D eigenvalue weighted by Crippen LogP contribution is 2.33. The zero-order valence-electron chi connectivity index (χ0n) is 14.9. The molecule has 3 heterocycles. The summed E-state index contributed by atoms with van der Waals surface area (Å²) in [5.41, 5.74) is 1.27. The van der Waals surface area contributed by atoms with E-state index in [0.717, 1.165) is 36.0 Å². The number of fused-ring (bicyclic) bond motifs is 1. The molecule has 0 aliphatic heterocycles. The van der Waals surface area contributed by atoms with Crippen LogP contribution in [0.1, 0.15) is 23.9 Å². The molecule has 1 aromatic carbocycles. The van der Waals surface area contributed by atoms with Crippen molar-refractivity contribution in [2.75, 3.05) is 0 Å². The zero-order valence-corrected chi connectivity index (χ0v) is 16.5. The molecule has 6 nitrogen and oxygen atoms in total. The van der Waals surface area contributed by atoms with Gasteiger partial charge in [-0.1, -0.05) is 59.7 Å². The maximum Gasteiger partial charge on any atom is 0.417 e. The van der Waals surface area contributed by atoms with E-state index >= 15 is 0 Å². The monoisotopic (exact) mass is 439 g/mol. The van der Waals surface area contributed by atoms with Crippen molar-refractivity contribution in [2.24, 2.45) is 0 Å². The Hall–Kier alpha value is -2.59. The first-order chi connectivity index (χ1) is 13.8. The Morgan fingerprint density at radius 1 is 1.17 bits per heavy atom. The van der Waals surface area contributed by atoms with Gasteiger partial charge in [-0.2, -0.15) is 18.2 Å². The van der Waals surface area contributed by atoms with Crippen LogP contribution in [0.25, 0.3) is 17.0 Å². The Morgan fingerprint density at radius 3 is 2.62 bits per heavy atom. The van der Waals surface area contributed by atoms with Gasteiger partial charge in [0.2, 0.25) is 11.7 Å². The molecule has 0 spiro atoms. The van der Waals surface area contributed by atoms with Crippen molar-refractivity contribution >= 4 is 29.0 Å². The van der Waals surface area contributed by atoms with Crippen LogP contribution in [0.5, 0.6) is 0 Å². The van der Waals surface area contributed by atoms with Crippen molar-refractivity contribution in [3.63, 3.8) is 0 Å². The fraction of sp³-hybridized carbons (Fsp3) is 0.222. The van der Waals surface area contributed by atoms with Crippen LogP contribution in [0.2, 0.25) is 5.02 Å². The smallest absolute Gasteiger partial charge is 0.338 e. The Labute approximate surface area is 172 Å². The molecule has 0 radical (unpaired) electrons. The zero-order chi connectivity index (χ0) is 20.6. The second-order valence-corrected chi connectivity index (χ2v) is 7.45. The van der Waals surface area contributed by atoms with E-state index in [9.17, 15) is 13.2 Å². The van der Waals surface area contributed by atoms with Gasteiger partial charge in [0.05, 0.1) is 16.3 Å². The third-order valence-corrected chi connectivity index (χ3v) is 5.38. The summed E-state index contributed by atoms with van der Waals surface area (Å²) in [6.45, 7) is 2.07. The number of hydrogen-bond acceptors (Lipinski definition) is 6. The molecule has 11 heteroatoms. The number of hydrogen-bond donors (Lipinski definition) is 0. The lowest BCUT2D eigenvalue weighted by Gasteiger charge is -2.08. The molecule has 0 saturated heterocycles. The summed E-state index contributed by atoms with van der Waals surface area (Å²) in [5.74, 6) is 0.977. The van der Waals surface area contributed by atoms with Crippen LogP contribution in [0.15, 0.2) is 46.2 Å². The standard InChI is InChI=1S/C18H13ClF3N5OS/c1-2-10-3-5-11(6-4-10)15-23-14(28-26-15)9-29-17-25-24-16-13(19)7-12(8-27(16)17)18(20,21)22/h3-8H,2,9H2,1H3. The number of aryl methyl sites for hydroxylation is 1. The van der Waals surface area contributed by atoms with Crippen LogP contribution in [0.3, 0.4) is 0 Å². The van der Waals surface area contributed by atoms with E-state index in [-0.39, 0.29) is 21.6 Å². The first kappa shape index (κ1) is 19.7. The largest absolute Gasteiger partial charge is 0.417 e. The molecule has 0 atom stereocenters. The maximum atomic E-state index is 13.0. The molecule has 0 unspecified atom stereocenters. The molecule has 0 saturated carbocycles. The maximum absolute atomic E-state index is 13.0. The summed E-state index contributed by atoms with van der Waals surface area (Å²) in [4.78, 5) is 4.33. The number of halogens is 4. The van der Waals surface area contributed by atoms with Crippen LogP contribution in [-0.4, -0.2) is 24.7 Å². The average Bonchev–Trinajstić information content (AvgIpc) is 3.33. The number of alkyl halides is 3. The van der Waals surface area contributed by atoms with Gasteiger partial charge in [0.1, 0.15) is 0 Å². The predicted octanol–water partition coefficient (Wildman–Crippen LogP) is 5.31. The molecule has 4 aromatic rings. The number of nitrogens with zero attached hydrogens (tertiary/aromatic N) is 5. The Bertz CT molecular complexity index is 1160. The molecule has 0 aliphatic carbocycles. The van der Waals surface area contributed by atoms with Gasteiger partial charge in [0.25, 0.3) is 0 Å². The molecular formula is C18H13ClF3N5OS. The highest BCUT2D eigenvalue weighted by molar-refractivity contribution is 7.98.